The molecule has 3 rings (SSSR count). The second kappa shape index (κ2) is 2.98. The van der Waals surface area contributed by atoms with Crippen LogP contribution in [0.25, 0.3) is 0 Å². The Kier molecular flexibility index (Phi) is 1.87. The summed E-state index contributed by atoms with van der Waals surface area (Å²) in [6.45, 7) is 0. The van der Waals surface area contributed by atoms with Crippen molar-refractivity contribution >= 4 is 0 Å². The predicted octanol–water partition coefficient (Wildman–Crippen LogP) is 4.23. The summed E-state index contributed by atoms with van der Waals surface area (Å²) in [4.78, 5) is 0. The van der Waals surface area contributed by atoms with E-state index in [0.29, 0.717) is 10.8 Å². The molecule has 0 nitrogen and oxygen atoms in total. The van der Waals surface area contributed by atoms with Gasteiger partial charge >= 0.3 is 0 Å². The molecule has 0 aromatic heterocycles. The lowest BCUT2D eigenvalue weighted by atomic mass is 9.44. The molecule has 2 unspecified atom stereocenters. The SMILES string of the molecule is C1=CC2(CCC1)CCC21C=CCCC1. The molecule has 0 heteroatoms. The van der Waals surface area contributed by atoms with Gasteiger partial charge in [0.1, 0.15) is 0 Å². The molecule has 2 atom stereocenters. The van der Waals surface area contributed by atoms with Crippen molar-refractivity contribution in [3.8, 4) is 0 Å². The Morgan fingerprint density at radius 3 is 1.43 bits per heavy atom. The molecule has 2 spiro atoms. The van der Waals surface area contributed by atoms with E-state index in [0.717, 1.165) is 0 Å². The van der Waals surface area contributed by atoms with Gasteiger partial charge in [-0.3, -0.25) is 0 Å². The van der Waals surface area contributed by atoms with E-state index >= 15 is 0 Å². The minimum Gasteiger partial charge on any atom is -0.0879 e. The molecule has 3 aliphatic rings. The van der Waals surface area contributed by atoms with Crippen LogP contribution in [0.3, 0.4) is 0 Å². The van der Waals surface area contributed by atoms with Crippen LogP contribution >= 0.6 is 0 Å². The number of allylic oxidation sites excluding steroid dienone is 4. The first-order valence-electron chi connectivity index (χ1n) is 6.22. The van der Waals surface area contributed by atoms with Gasteiger partial charge in [0.05, 0.1) is 0 Å². The Morgan fingerprint density at radius 1 is 0.643 bits per heavy atom. The van der Waals surface area contributed by atoms with Crippen molar-refractivity contribution in [2.75, 3.05) is 0 Å². The molecule has 1 fully saturated rings. The summed E-state index contributed by atoms with van der Waals surface area (Å²) < 4.78 is 0. The van der Waals surface area contributed by atoms with Crippen LogP contribution in [0.1, 0.15) is 51.4 Å². The highest BCUT2D eigenvalue weighted by Gasteiger charge is 2.55. The highest BCUT2D eigenvalue weighted by atomic mass is 14.6. The van der Waals surface area contributed by atoms with Gasteiger partial charge in [0, 0.05) is 0 Å². The Morgan fingerprint density at radius 2 is 1.14 bits per heavy atom. The maximum Gasteiger partial charge on any atom is -0.00269 e. The van der Waals surface area contributed by atoms with Gasteiger partial charge in [-0.05, 0) is 62.2 Å². The van der Waals surface area contributed by atoms with Crippen LogP contribution in [-0.4, -0.2) is 0 Å². The van der Waals surface area contributed by atoms with Gasteiger partial charge in [0.25, 0.3) is 0 Å². The van der Waals surface area contributed by atoms with Crippen molar-refractivity contribution in [1.29, 1.82) is 0 Å². The second-order valence-corrected chi connectivity index (χ2v) is 5.40. The van der Waals surface area contributed by atoms with E-state index in [2.05, 4.69) is 24.3 Å². The average molecular weight is 188 g/mol. The lowest BCUT2D eigenvalue weighted by molar-refractivity contribution is -0.0200. The quantitative estimate of drug-likeness (QED) is 0.499. The lowest BCUT2D eigenvalue weighted by Crippen LogP contribution is -2.50. The summed E-state index contributed by atoms with van der Waals surface area (Å²) in [5, 5.41) is 0. The largest absolute Gasteiger partial charge is 0.0879 e. The maximum absolute atomic E-state index is 2.57. The van der Waals surface area contributed by atoms with Crippen LogP contribution in [0.4, 0.5) is 0 Å². The van der Waals surface area contributed by atoms with Gasteiger partial charge < -0.3 is 0 Å². The molecule has 1 saturated carbocycles. The number of hydrogen-bond donors (Lipinski definition) is 0. The van der Waals surface area contributed by atoms with Gasteiger partial charge in [0.2, 0.25) is 0 Å². The summed E-state index contributed by atoms with van der Waals surface area (Å²) in [5.41, 5.74) is 1.20. The average Bonchev–Trinajstić information content (AvgIpc) is 2.30. The maximum atomic E-state index is 2.57. The summed E-state index contributed by atoms with van der Waals surface area (Å²) >= 11 is 0. The van der Waals surface area contributed by atoms with Crippen molar-refractivity contribution in [1.82, 2.24) is 0 Å². The van der Waals surface area contributed by atoms with Crippen LogP contribution in [0, 0.1) is 10.8 Å². The predicted molar refractivity (Wildman–Crippen MR) is 60.1 cm³/mol. The molecule has 0 aliphatic heterocycles. The Balaban J connectivity index is 1.93. The normalized spacial score (nSPS) is 45.7. The van der Waals surface area contributed by atoms with Crippen LogP contribution in [-0.2, 0) is 0 Å². The molecule has 0 heterocycles. The van der Waals surface area contributed by atoms with Gasteiger partial charge in [-0.1, -0.05) is 24.3 Å². The molecule has 3 aliphatic carbocycles. The van der Waals surface area contributed by atoms with E-state index in [9.17, 15) is 0 Å². The van der Waals surface area contributed by atoms with Crippen molar-refractivity contribution in [3.05, 3.63) is 24.3 Å². The molecule has 0 saturated heterocycles. The molecule has 0 amide bonds. The van der Waals surface area contributed by atoms with Gasteiger partial charge in [-0.15, -0.1) is 0 Å². The molecular weight excluding hydrogens is 168 g/mol. The summed E-state index contributed by atoms with van der Waals surface area (Å²) in [7, 11) is 0. The van der Waals surface area contributed by atoms with E-state index < -0.39 is 0 Å². The zero-order chi connectivity index (χ0) is 9.49. The van der Waals surface area contributed by atoms with E-state index in [1.165, 1.54) is 51.4 Å². The van der Waals surface area contributed by atoms with Gasteiger partial charge in [-0.25, -0.2) is 0 Å². The third-order valence-electron chi connectivity index (χ3n) is 4.87. The fourth-order valence-electron chi connectivity index (χ4n) is 3.87. The topological polar surface area (TPSA) is 0 Å². The Hall–Kier alpha value is -0.520. The number of hydrogen-bond acceptors (Lipinski definition) is 0. The third-order valence-corrected chi connectivity index (χ3v) is 4.87. The minimum atomic E-state index is 0.599. The lowest BCUT2D eigenvalue weighted by Gasteiger charge is -2.59. The summed E-state index contributed by atoms with van der Waals surface area (Å²) in [6.07, 6.45) is 21.3. The van der Waals surface area contributed by atoms with Crippen molar-refractivity contribution in [2.24, 2.45) is 10.8 Å². The molecule has 0 bridgehead atoms. The molecule has 76 valence electrons. The first-order valence-corrected chi connectivity index (χ1v) is 6.22. The van der Waals surface area contributed by atoms with Crippen LogP contribution in [0.2, 0.25) is 0 Å². The van der Waals surface area contributed by atoms with Crippen LogP contribution in [0.15, 0.2) is 24.3 Å². The van der Waals surface area contributed by atoms with Gasteiger partial charge in [0.15, 0.2) is 0 Å². The molecule has 0 aromatic carbocycles. The Labute approximate surface area is 87.1 Å². The van der Waals surface area contributed by atoms with E-state index in [-0.39, 0.29) is 0 Å². The second-order valence-electron chi connectivity index (χ2n) is 5.40. The highest BCUT2D eigenvalue weighted by molar-refractivity contribution is 5.25. The summed E-state index contributed by atoms with van der Waals surface area (Å²) in [6, 6.07) is 0. The molecule has 0 radical (unpaired) electrons. The fraction of sp³-hybridized carbons (Fsp3) is 0.714. The first kappa shape index (κ1) is 8.76. The molecule has 0 N–H and O–H groups in total. The van der Waals surface area contributed by atoms with Gasteiger partial charge in [-0.2, -0.15) is 0 Å². The van der Waals surface area contributed by atoms with Crippen molar-refractivity contribution < 1.29 is 0 Å². The number of rotatable bonds is 0. The molecule has 14 heavy (non-hydrogen) atoms. The highest BCUT2D eigenvalue weighted by Crippen LogP contribution is 2.65. The monoisotopic (exact) mass is 188 g/mol. The Bertz CT molecular complexity index is 256. The fourth-order valence-corrected chi connectivity index (χ4v) is 3.87. The zero-order valence-corrected chi connectivity index (χ0v) is 8.97. The van der Waals surface area contributed by atoms with E-state index in [1.807, 2.05) is 0 Å². The molecule has 0 aromatic rings. The van der Waals surface area contributed by atoms with E-state index in [1.54, 1.807) is 0 Å². The molecular formula is C14H20. The minimum absolute atomic E-state index is 0.599. The first-order chi connectivity index (χ1) is 6.87. The van der Waals surface area contributed by atoms with Crippen molar-refractivity contribution in [3.63, 3.8) is 0 Å². The summed E-state index contributed by atoms with van der Waals surface area (Å²) in [5.74, 6) is 0. The van der Waals surface area contributed by atoms with Crippen molar-refractivity contribution in [2.45, 2.75) is 51.4 Å². The van der Waals surface area contributed by atoms with Crippen LogP contribution in [0.5, 0.6) is 0 Å². The number of fused-ring (bicyclic) bond motifs is 1. The smallest absolute Gasteiger partial charge is 0.00269 e. The zero-order valence-electron chi connectivity index (χ0n) is 8.97. The third kappa shape index (κ3) is 1.00. The standard InChI is InChI=1S/C14H20/c1-3-7-13(8-4-1)11-12-14(13)9-5-2-6-10-14/h3,5,7,9H,1-2,4,6,8,10-12H2. The van der Waals surface area contributed by atoms with Crippen LogP contribution < -0.4 is 0 Å². The van der Waals surface area contributed by atoms with E-state index in [4.69, 9.17) is 0 Å².